The van der Waals surface area contributed by atoms with Gasteiger partial charge in [0.15, 0.2) is 6.29 Å². The van der Waals surface area contributed by atoms with Crippen molar-refractivity contribution < 1.29 is 63.2 Å². The fourth-order valence-electron chi connectivity index (χ4n) is 2.82. The molecule has 0 aromatic carbocycles. The number of likely N-dealkylation sites (N-methyl/N-ethyl adjacent to an activating group) is 2. The van der Waals surface area contributed by atoms with Gasteiger partial charge in [0.25, 0.3) is 0 Å². The van der Waals surface area contributed by atoms with E-state index in [1.54, 1.807) is 24.4 Å². The Morgan fingerprint density at radius 2 is 1.12 bits per heavy atom. The zero-order valence-electron chi connectivity index (χ0n) is 29.4. The first kappa shape index (κ1) is 48.8. The van der Waals surface area contributed by atoms with Crippen LogP contribution >= 0.6 is 0 Å². The number of hydrogen-bond acceptors (Lipinski definition) is 14. The van der Waals surface area contributed by atoms with E-state index in [0.29, 0.717) is 5.69 Å². The summed E-state index contributed by atoms with van der Waals surface area (Å²) < 4.78 is 3.61. The van der Waals surface area contributed by atoms with Gasteiger partial charge < -0.3 is 28.2 Å². The molecule has 0 aliphatic carbocycles. The van der Waals surface area contributed by atoms with Crippen LogP contribution < -0.4 is 35.3 Å². The molecule has 0 unspecified atom stereocenters. The van der Waals surface area contributed by atoms with E-state index in [4.69, 9.17) is 5.73 Å². The number of nitrogens with two attached hydrogens (primary N) is 1. The van der Waals surface area contributed by atoms with Crippen molar-refractivity contribution >= 4 is 32.2 Å². The molecule has 0 bridgehead atoms. The Balaban J connectivity index is -0.000000602. The molecule has 0 aliphatic rings. The molecule has 3 aromatic rings. The summed E-state index contributed by atoms with van der Waals surface area (Å²) in [4.78, 5) is 65.9. The Morgan fingerprint density at radius 3 is 1.35 bits per heavy atom. The summed E-state index contributed by atoms with van der Waals surface area (Å²) in [6.07, 6.45) is 6.00. The van der Waals surface area contributed by atoms with Crippen LogP contribution in [0.4, 0.5) is 0 Å². The van der Waals surface area contributed by atoms with Gasteiger partial charge in [-0.2, -0.15) is 0 Å². The molecule has 0 atom stereocenters. The first-order valence-electron chi connectivity index (χ1n) is 14.4. The van der Waals surface area contributed by atoms with Crippen LogP contribution in [-0.4, -0.2) is 116 Å². The maximum atomic E-state index is 9.94. The molecule has 16 heteroatoms. The molecule has 0 amide bonds. The van der Waals surface area contributed by atoms with Gasteiger partial charge in [0.1, 0.15) is 5.69 Å². The molecule has 0 aliphatic heterocycles. The number of aromatic nitrogens is 3. The molecule has 0 fully saturated rings. The molecule has 48 heavy (non-hydrogen) atoms. The predicted molar refractivity (Wildman–Crippen MR) is 179 cm³/mol. The third-order valence-corrected chi connectivity index (χ3v) is 4.91. The Labute approximate surface area is 308 Å². The fourth-order valence-corrected chi connectivity index (χ4v) is 2.82. The van der Waals surface area contributed by atoms with Crippen LogP contribution in [0, 0.1) is 0 Å². The van der Waals surface area contributed by atoms with Crippen molar-refractivity contribution in [2.24, 2.45) is 5.73 Å². The van der Waals surface area contributed by atoms with Crippen LogP contribution in [0.25, 0.3) is 0 Å². The van der Waals surface area contributed by atoms with E-state index in [1.807, 2.05) is 50.8 Å². The van der Waals surface area contributed by atoms with E-state index in [9.17, 15) is 19.2 Å². The Kier molecular flexibility index (Phi) is 33.9. The standard InChI is InChI=1S/C16H22N4.C6H5NO.C4H12N2.C4H6O4.C2H3BO2.Na/c1-19(2)11-12-20(13-15-7-3-5-9-17-15)14-16-8-4-6-10-18-16;8-5-6-3-1-2-4-7-6;1-6(2)4-3-5;1-3(5)7-8-4(2)6;1-2(4)5-3;/h3-10H,11-14H2,1-2H3;1-5H;3-5H2,1-2H3;1-2H3;1H3;/q;;;;-1;+1. The van der Waals surface area contributed by atoms with E-state index in [-0.39, 0.29) is 29.6 Å². The van der Waals surface area contributed by atoms with Crippen molar-refractivity contribution in [1.29, 1.82) is 0 Å². The number of carbonyl (C=O) groups excluding carboxylic acids is 4. The summed E-state index contributed by atoms with van der Waals surface area (Å²) in [6, 6.07) is 17.3. The quantitative estimate of drug-likeness (QED) is 0.121. The number of carbonyl (C=O) groups is 4. The van der Waals surface area contributed by atoms with Crippen molar-refractivity contribution in [1.82, 2.24) is 29.7 Å². The van der Waals surface area contributed by atoms with E-state index in [0.717, 1.165) is 70.8 Å². The van der Waals surface area contributed by atoms with Gasteiger partial charge in [-0.3, -0.25) is 29.4 Å². The second-order valence-corrected chi connectivity index (χ2v) is 9.88. The van der Waals surface area contributed by atoms with Gasteiger partial charge in [0.2, 0.25) is 5.97 Å². The van der Waals surface area contributed by atoms with Crippen LogP contribution in [0.1, 0.15) is 42.6 Å². The van der Waals surface area contributed by atoms with Crippen molar-refractivity contribution in [2.45, 2.75) is 33.9 Å². The molecule has 0 spiro atoms. The van der Waals surface area contributed by atoms with Gasteiger partial charge in [0, 0.05) is 78.6 Å². The van der Waals surface area contributed by atoms with Gasteiger partial charge >= 0.3 is 41.5 Å². The molecule has 0 saturated heterocycles. The average Bonchev–Trinajstić information content (AvgIpc) is 3.05. The molecule has 14 nitrogen and oxygen atoms in total. The Morgan fingerprint density at radius 1 is 0.708 bits per heavy atom. The number of pyridine rings is 3. The van der Waals surface area contributed by atoms with Gasteiger partial charge in [-0.25, -0.2) is 19.4 Å². The third-order valence-electron chi connectivity index (χ3n) is 4.91. The van der Waals surface area contributed by atoms with Gasteiger partial charge in [-0.1, -0.05) is 18.2 Å². The number of nitrogens with zero attached hydrogens (tertiary/aromatic N) is 6. The zero-order valence-corrected chi connectivity index (χ0v) is 31.4. The average molecular weight is 677 g/mol. The molecule has 257 valence electrons. The molecule has 3 rings (SSSR count). The van der Waals surface area contributed by atoms with E-state index in [2.05, 4.69) is 78.4 Å². The molecular weight excluding hydrogens is 628 g/mol. The fraction of sp³-hybridized carbons (Fsp3) is 0.406. The van der Waals surface area contributed by atoms with E-state index < -0.39 is 17.9 Å². The topological polar surface area (TPSA) is 170 Å². The van der Waals surface area contributed by atoms with Gasteiger partial charge in [-0.05, 0) is 64.6 Å². The first-order chi connectivity index (χ1) is 22.3. The summed E-state index contributed by atoms with van der Waals surface area (Å²) in [5.74, 6) is -1.74. The molecule has 3 radical (unpaired) electrons. The van der Waals surface area contributed by atoms with Crippen molar-refractivity contribution in [3.05, 3.63) is 90.3 Å². The smallest absolute Gasteiger partial charge is 0.793 e. The van der Waals surface area contributed by atoms with Crippen molar-refractivity contribution in [3.8, 4) is 0 Å². The molecule has 0 saturated carbocycles. The number of aldehydes is 1. The molecule has 3 heterocycles. The maximum absolute atomic E-state index is 9.94. The summed E-state index contributed by atoms with van der Waals surface area (Å²) in [5, 5.41) is 0. The van der Waals surface area contributed by atoms with Crippen molar-refractivity contribution in [3.63, 3.8) is 0 Å². The summed E-state index contributed by atoms with van der Waals surface area (Å²) in [5.41, 5.74) is 7.87. The summed E-state index contributed by atoms with van der Waals surface area (Å²) >= 11 is 0. The largest absolute Gasteiger partial charge is 1.00 e. The summed E-state index contributed by atoms with van der Waals surface area (Å²) in [7, 11) is 12.5. The molecular formula is C32H48BN7NaO7. The van der Waals surface area contributed by atoms with E-state index >= 15 is 0 Å². The van der Waals surface area contributed by atoms with Crippen LogP contribution in [0.5, 0.6) is 0 Å². The first-order valence-corrected chi connectivity index (χ1v) is 14.4. The summed E-state index contributed by atoms with van der Waals surface area (Å²) in [6.45, 7) is 9.00. The van der Waals surface area contributed by atoms with Crippen LogP contribution in [0.2, 0.25) is 0 Å². The SMILES string of the molecule is CC(=O)OOC(C)=O.CN(C)CCN.CN(C)CCN(Cc1ccccn1)Cc1ccccn1.O=Cc1ccccn1.[B-]OC(C)=O.[Na+]. The number of hydrogen-bond donors (Lipinski definition) is 1. The minimum absolute atomic E-state index is 0. The Bertz CT molecular complexity index is 1160. The molecule has 3 aromatic heterocycles. The van der Waals surface area contributed by atoms with Crippen LogP contribution in [0.15, 0.2) is 73.2 Å². The van der Waals surface area contributed by atoms with Gasteiger partial charge in [0.05, 0.1) is 11.4 Å². The maximum Gasteiger partial charge on any atom is 1.00 e. The molecule has 2 N–H and O–H groups in total. The second kappa shape index (κ2) is 33.3. The van der Waals surface area contributed by atoms with Crippen molar-refractivity contribution in [2.75, 3.05) is 54.4 Å². The number of rotatable bonds is 10. The van der Waals surface area contributed by atoms with Crippen LogP contribution in [0.3, 0.4) is 0 Å². The van der Waals surface area contributed by atoms with Crippen LogP contribution in [-0.2, 0) is 41.9 Å². The second-order valence-electron chi connectivity index (χ2n) is 9.88. The van der Waals surface area contributed by atoms with Gasteiger partial charge in [-0.15, -0.1) is 0 Å². The normalized spacial score (nSPS) is 9.33. The third kappa shape index (κ3) is 35.3. The minimum Gasteiger partial charge on any atom is -0.793 e. The zero-order chi connectivity index (χ0) is 35.9. The monoisotopic (exact) mass is 676 g/mol. The minimum atomic E-state index is -0.639. The Hall–Kier alpha value is -3.57. The predicted octanol–water partition coefficient (Wildman–Crippen LogP) is -0.894. The van der Waals surface area contributed by atoms with E-state index in [1.165, 1.54) is 6.92 Å².